The Balaban J connectivity index is 1.68. The Morgan fingerprint density at radius 3 is 2.88 bits per heavy atom. The number of nitrogens with one attached hydrogen (secondary N) is 3. The Morgan fingerprint density at radius 1 is 1.35 bits per heavy atom. The van der Waals surface area contributed by atoms with Gasteiger partial charge in [0.1, 0.15) is 0 Å². The molecule has 3 atom stereocenters. The fourth-order valence-electron chi connectivity index (χ4n) is 3.93. The Morgan fingerprint density at radius 2 is 2.15 bits per heavy atom. The minimum atomic E-state index is 0.0672. The Bertz CT molecular complexity index is 720. The second-order valence-corrected chi connectivity index (χ2v) is 7.51. The van der Waals surface area contributed by atoms with E-state index in [4.69, 9.17) is 0 Å². The summed E-state index contributed by atoms with van der Waals surface area (Å²) >= 11 is 0. The van der Waals surface area contributed by atoms with Crippen LogP contribution in [0.3, 0.4) is 0 Å². The summed E-state index contributed by atoms with van der Waals surface area (Å²) in [5, 5.41) is 7.92. The third-order valence-corrected chi connectivity index (χ3v) is 5.65. The molecule has 3 N–H and O–H groups in total. The van der Waals surface area contributed by atoms with Gasteiger partial charge in [-0.15, -0.1) is 0 Å². The molecule has 5 nitrogen and oxygen atoms in total. The van der Waals surface area contributed by atoms with Crippen LogP contribution in [0.4, 0.5) is 4.79 Å². The van der Waals surface area contributed by atoms with Crippen LogP contribution in [-0.2, 0) is 0 Å². The molecule has 0 spiro atoms. The van der Waals surface area contributed by atoms with Crippen LogP contribution in [0.25, 0.3) is 10.9 Å². The highest BCUT2D eigenvalue weighted by molar-refractivity contribution is 5.84. The highest BCUT2D eigenvalue weighted by atomic mass is 16.2. The number of para-hydroxylation sites is 1. The van der Waals surface area contributed by atoms with E-state index in [-0.39, 0.29) is 18.0 Å². The minimum Gasteiger partial charge on any atom is -0.361 e. The normalized spacial score (nSPS) is 19.9. The van der Waals surface area contributed by atoms with Crippen molar-refractivity contribution < 1.29 is 4.79 Å². The number of amides is 2. The van der Waals surface area contributed by atoms with E-state index in [0.717, 1.165) is 44.4 Å². The lowest BCUT2D eigenvalue weighted by Crippen LogP contribution is -2.54. The molecular formula is C21H32N4O. The number of aromatic nitrogens is 1. The average molecular weight is 357 g/mol. The van der Waals surface area contributed by atoms with Gasteiger partial charge in [0.2, 0.25) is 0 Å². The van der Waals surface area contributed by atoms with Crippen molar-refractivity contribution in [1.82, 2.24) is 20.5 Å². The van der Waals surface area contributed by atoms with Crippen molar-refractivity contribution >= 4 is 16.9 Å². The van der Waals surface area contributed by atoms with Gasteiger partial charge in [-0.05, 0) is 44.4 Å². The third kappa shape index (κ3) is 4.04. The predicted octanol–water partition coefficient (Wildman–Crippen LogP) is 3.83. The molecular weight excluding hydrogens is 324 g/mol. The SMILES string of the molecule is CCCN(C(=O)N[C@@H](C)C(C)c1c[nH]c2ccccc12)[C@@H]1CCCNC1. The van der Waals surface area contributed by atoms with Crippen molar-refractivity contribution in [1.29, 1.82) is 0 Å². The minimum absolute atomic E-state index is 0.0672. The molecule has 26 heavy (non-hydrogen) atoms. The van der Waals surface area contributed by atoms with Gasteiger partial charge in [-0.25, -0.2) is 4.79 Å². The monoisotopic (exact) mass is 356 g/mol. The van der Waals surface area contributed by atoms with Crippen LogP contribution in [0.5, 0.6) is 0 Å². The summed E-state index contributed by atoms with van der Waals surface area (Å²) in [7, 11) is 0. The molecule has 2 aromatic rings. The topological polar surface area (TPSA) is 60.2 Å². The number of urea groups is 1. The van der Waals surface area contributed by atoms with Crippen LogP contribution in [-0.4, -0.2) is 47.6 Å². The Labute approximate surface area is 156 Å². The summed E-state index contributed by atoms with van der Waals surface area (Å²) in [5.41, 5.74) is 2.41. The fourth-order valence-corrected chi connectivity index (χ4v) is 3.93. The standard InChI is InChI=1S/C21H32N4O/c1-4-12-25(17-8-7-11-22-13-17)21(26)24-16(3)15(2)19-14-23-20-10-6-5-9-18(19)20/h5-6,9-10,14-17,22-23H,4,7-8,11-13H2,1-3H3,(H,24,26)/t15?,16-,17+/m0/s1. The zero-order valence-electron chi connectivity index (χ0n) is 16.2. The molecule has 1 aromatic carbocycles. The van der Waals surface area contributed by atoms with Gasteiger partial charge >= 0.3 is 6.03 Å². The van der Waals surface area contributed by atoms with E-state index in [1.54, 1.807) is 0 Å². The lowest BCUT2D eigenvalue weighted by atomic mass is 9.94. The van der Waals surface area contributed by atoms with E-state index in [0.29, 0.717) is 6.04 Å². The van der Waals surface area contributed by atoms with Gasteiger partial charge in [0.05, 0.1) is 0 Å². The number of fused-ring (bicyclic) bond motifs is 1. The van der Waals surface area contributed by atoms with Crippen molar-refractivity contribution in [2.75, 3.05) is 19.6 Å². The van der Waals surface area contributed by atoms with E-state index >= 15 is 0 Å². The van der Waals surface area contributed by atoms with Gasteiger partial charge in [-0.1, -0.05) is 32.0 Å². The molecule has 1 aromatic heterocycles. The molecule has 2 amide bonds. The van der Waals surface area contributed by atoms with Crippen molar-refractivity contribution in [3.63, 3.8) is 0 Å². The number of rotatable bonds is 6. The van der Waals surface area contributed by atoms with Crippen molar-refractivity contribution in [3.8, 4) is 0 Å². The quantitative estimate of drug-likeness (QED) is 0.736. The predicted molar refractivity (Wildman–Crippen MR) is 108 cm³/mol. The number of H-pyrrole nitrogens is 1. The van der Waals surface area contributed by atoms with Gasteiger partial charge in [0.15, 0.2) is 0 Å². The van der Waals surface area contributed by atoms with Crippen LogP contribution in [0.2, 0.25) is 0 Å². The number of nitrogens with zero attached hydrogens (tertiary/aromatic N) is 1. The van der Waals surface area contributed by atoms with Gasteiger partial charge in [0.25, 0.3) is 0 Å². The first-order valence-corrected chi connectivity index (χ1v) is 9.95. The summed E-state index contributed by atoms with van der Waals surface area (Å²) in [6.45, 7) is 9.20. The summed E-state index contributed by atoms with van der Waals surface area (Å²) in [5.74, 6) is 0.239. The number of hydrogen-bond acceptors (Lipinski definition) is 2. The van der Waals surface area contributed by atoms with Gasteiger partial charge in [-0.3, -0.25) is 0 Å². The van der Waals surface area contributed by atoms with Crippen LogP contribution >= 0.6 is 0 Å². The largest absolute Gasteiger partial charge is 0.361 e. The lowest BCUT2D eigenvalue weighted by molar-refractivity contribution is 0.157. The van der Waals surface area contributed by atoms with Crippen molar-refractivity contribution in [2.45, 2.75) is 58.0 Å². The first-order valence-electron chi connectivity index (χ1n) is 9.95. The molecule has 142 valence electrons. The second kappa shape index (κ2) is 8.58. The van der Waals surface area contributed by atoms with Crippen LogP contribution < -0.4 is 10.6 Å². The summed E-state index contributed by atoms with van der Waals surface area (Å²) < 4.78 is 0. The molecule has 2 heterocycles. The maximum absolute atomic E-state index is 13.0. The van der Waals surface area contributed by atoms with Crippen LogP contribution in [0.15, 0.2) is 30.5 Å². The zero-order valence-corrected chi connectivity index (χ0v) is 16.2. The van der Waals surface area contributed by atoms with Gasteiger partial charge < -0.3 is 20.5 Å². The van der Waals surface area contributed by atoms with E-state index in [2.05, 4.69) is 60.8 Å². The van der Waals surface area contributed by atoms with Crippen molar-refractivity contribution in [3.05, 3.63) is 36.0 Å². The van der Waals surface area contributed by atoms with E-state index < -0.39 is 0 Å². The smallest absolute Gasteiger partial charge is 0.317 e. The molecule has 0 saturated carbocycles. The number of aromatic amines is 1. The van der Waals surface area contributed by atoms with E-state index in [1.807, 2.05) is 11.0 Å². The van der Waals surface area contributed by atoms with Gasteiger partial charge in [-0.2, -0.15) is 0 Å². The molecule has 0 bridgehead atoms. The van der Waals surface area contributed by atoms with E-state index in [9.17, 15) is 4.79 Å². The summed E-state index contributed by atoms with van der Waals surface area (Å²) in [6.07, 6.45) is 5.29. The molecule has 1 fully saturated rings. The lowest BCUT2D eigenvalue weighted by Gasteiger charge is -2.36. The Kier molecular flexibility index (Phi) is 6.20. The average Bonchev–Trinajstić information content (AvgIpc) is 3.10. The molecule has 1 unspecified atom stereocenters. The first kappa shape index (κ1) is 18.8. The van der Waals surface area contributed by atoms with Gasteiger partial charge in [0, 0.05) is 48.2 Å². The molecule has 0 aliphatic carbocycles. The molecule has 1 aliphatic rings. The second-order valence-electron chi connectivity index (χ2n) is 7.51. The highest BCUT2D eigenvalue weighted by Gasteiger charge is 2.27. The highest BCUT2D eigenvalue weighted by Crippen LogP contribution is 2.27. The number of piperidine rings is 1. The summed E-state index contributed by atoms with van der Waals surface area (Å²) in [6, 6.07) is 8.78. The fraction of sp³-hybridized carbons (Fsp3) is 0.571. The first-order chi connectivity index (χ1) is 12.6. The number of carbonyl (C=O) groups excluding carboxylic acids is 1. The maximum Gasteiger partial charge on any atom is 0.317 e. The van der Waals surface area contributed by atoms with Crippen LogP contribution in [0.1, 0.15) is 51.5 Å². The summed E-state index contributed by atoms with van der Waals surface area (Å²) in [4.78, 5) is 18.3. The molecule has 1 saturated heterocycles. The zero-order chi connectivity index (χ0) is 18.5. The Hall–Kier alpha value is -2.01. The molecule has 3 rings (SSSR count). The third-order valence-electron chi connectivity index (χ3n) is 5.65. The maximum atomic E-state index is 13.0. The van der Waals surface area contributed by atoms with Crippen LogP contribution in [0, 0.1) is 0 Å². The molecule has 0 radical (unpaired) electrons. The van der Waals surface area contributed by atoms with E-state index in [1.165, 1.54) is 10.9 Å². The number of benzene rings is 1. The number of carbonyl (C=O) groups is 1. The number of hydrogen-bond donors (Lipinski definition) is 3. The van der Waals surface area contributed by atoms with Crippen molar-refractivity contribution in [2.24, 2.45) is 0 Å². The molecule has 1 aliphatic heterocycles. The molecule has 5 heteroatoms.